The molecule has 114 valence electrons. The zero-order valence-corrected chi connectivity index (χ0v) is 13.8. The van der Waals surface area contributed by atoms with Crippen LogP contribution in [0.1, 0.15) is 39.7 Å². The molecule has 0 radical (unpaired) electrons. The van der Waals surface area contributed by atoms with Crippen LogP contribution in [0.25, 0.3) is 0 Å². The fourth-order valence-electron chi connectivity index (χ4n) is 2.16. The number of likely N-dealkylation sites (N-methyl/N-ethyl adjacent to an activating group) is 1. The first-order chi connectivity index (χ1) is 9.37. The fraction of sp³-hybridized carbons (Fsp3) is 0.625. The van der Waals surface area contributed by atoms with E-state index >= 15 is 0 Å². The first kappa shape index (κ1) is 17.3. The summed E-state index contributed by atoms with van der Waals surface area (Å²) in [5.41, 5.74) is 1.43. The largest absolute Gasteiger partial charge is 0.389 e. The molecule has 0 spiro atoms. The van der Waals surface area contributed by atoms with Gasteiger partial charge in [-0.3, -0.25) is 0 Å². The molecule has 1 aromatic rings. The molecular weight excluding hydrogens is 272 g/mol. The van der Waals surface area contributed by atoms with Gasteiger partial charge < -0.3 is 15.3 Å². The molecule has 0 bridgehead atoms. The molecule has 1 rings (SSSR count). The molecule has 0 aliphatic carbocycles. The number of nitrogens with zero attached hydrogens (tertiary/aromatic N) is 1. The van der Waals surface area contributed by atoms with Gasteiger partial charge in [-0.25, -0.2) is 0 Å². The molecule has 0 aromatic heterocycles. The lowest BCUT2D eigenvalue weighted by Gasteiger charge is -2.30. The Hall–Kier alpha value is -0.770. The predicted molar refractivity (Wildman–Crippen MR) is 87.6 cm³/mol. The van der Waals surface area contributed by atoms with Crippen molar-refractivity contribution in [1.29, 1.82) is 0 Å². The zero-order valence-electron chi connectivity index (χ0n) is 13.0. The van der Waals surface area contributed by atoms with Crippen LogP contribution in [-0.2, 0) is 6.54 Å². The second kappa shape index (κ2) is 7.87. The van der Waals surface area contributed by atoms with Crippen LogP contribution in [0.3, 0.4) is 0 Å². The Morgan fingerprint density at radius 3 is 2.50 bits per heavy atom. The highest BCUT2D eigenvalue weighted by Gasteiger charge is 2.19. The number of hydrogen-bond acceptors (Lipinski definition) is 3. The highest BCUT2D eigenvalue weighted by Crippen LogP contribution is 2.28. The molecule has 20 heavy (non-hydrogen) atoms. The van der Waals surface area contributed by atoms with Crippen LogP contribution in [0, 0.1) is 0 Å². The van der Waals surface area contributed by atoms with Crippen LogP contribution < -0.4 is 10.2 Å². The first-order valence-corrected chi connectivity index (χ1v) is 7.71. The van der Waals surface area contributed by atoms with E-state index < -0.39 is 5.60 Å². The Kier molecular flexibility index (Phi) is 6.80. The molecule has 0 fully saturated rings. The third kappa shape index (κ3) is 5.70. The van der Waals surface area contributed by atoms with Crippen LogP contribution in [-0.4, -0.2) is 30.3 Å². The highest BCUT2D eigenvalue weighted by molar-refractivity contribution is 6.33. The molecule has 4 heteroatoms. The smallest absolute Gasteiger partial charge is 0.0765 e. The summed E-state index contributed by atoms with van der Waals surface area (Å²) < 4.78 is 0. The van der Waals surface area contributed by atoms with Crippen LogP contribution in [0.5, 0.6) is 0 Å². The Morgan fingerprint density at radius 1 is 1.30 bits per heavy atom. The quantitative estimate of drug-likeness (QED) is 0.722. The maximum absolute atomic E-state index is 9.97. The van der Waals surface area contributed by atoms with Gasteiger partial charge in [0.25, 0.3) is 0 Å². The number of anilines is 1. The van der Waals surface area contributed by atoms with E-state index in [-0.39, 0.29) is 0 Å². The third-order valence-corrected chi connectivity index (χ3v) is 3.37. The second-order valence-corrected chi connectivity index (χ2v) is 6.20. The Bertz CT molecular complexity index is 415. The minimum absolute atomic E-state index is 0.566. The lowest BCUT2D eigenvalue weighted by atomic mass is 10.1. The van der Waals surface area contributed by atoms with Crippen molar-refractivity contribution in [2.45, 2.75) is 46.3 Å². The number of benzene rings is 1. The van der Waals surface area contributed by atoms with Gasteiger partial charge >= 0.3 is 0 Å². The van der Waals surface area contributed by atoms with Crippen LogP contribution in [0.2, 0.25) is 5.02 Å². The second-order valence-electron chi connectivity index (χ2n) is 5.79. The van der Waals surface area contributed by atoms with E-state index in [4.69, 9.17) is 11.6 Å². The Balaban J connectivity index is 2.79. The Morgan fingerprint density at radius 2 is 2.00 bits per heavy atom. The van der Waals surface area contributed by atoms with Gasteiger partial charge in [0.05, 0.1) is 16.3 Å². The van der Waals surface area contributed by atoms with E-state index in [1.807, 2.05) is 26.0 Å². The van der Waals surface area contributed by atoms with E-state index in [1.165, 1.54) is 5.56 Å². The molecule has 2 N–H and O–H groups in total. The molecule has 0 atom stereocenters. The SMILES string of the molecule is CCCNCc1ccc(N(CC)CC(C)(C)O)c(Cl)c1. The molecule has 0 heterocycles. The van der Waals surface area contributed by atoms with Crippen molar-refractivity contribution in [1.82, 2.24) is 5.32 Å². The lowest BCUT2D eigenvalue weighted by molar-refractivity contribution is 0.0876. The summed E-state index contributed by atoms with van der Waals surface area (Å²) in [5.74, 6) is 0. The summed E-state index contributed by atoms with van der Waals surface area (Å²) in [6, 6.07) is 6.14. The molecule has 0 saturated carbocycles. The third-order valence-electron chi connectivity index (χ3n) is 3.07. The summed E-state index contributed by atoms with van der Waals surface area (Å²) in [4.78, 5) is 2.10. The summed E-state index contributed by atoms with van der Waals surface area (Å²) in [6.07, 6.45) is 1.13. The monoisotopic (exact) mass is 298 g/mol. The summed E-state index contributed by atoms with van der Waals surface area (Å²) in [6.45, 7) is 11.1. The van der Waals surface area contributed by atoms with Crippen molar-refractivity contribution in [2.75, 3.05) is 24.5 Å². The van der Waals surface area contributed by atoms with Gasteiger partial charge in [0.15, 0.2) is 0 Å². The minimum atomic E-state index is -0.735. The van der Waals surface area contributed by atoms with Crippen molar-refractivity contribution in [3.8, 4) is 0 Å². The van der Waals surface area contributed by atoms with Gasteiger partial charge in [-0.1, -0.05) is 24.6 Å². The number of rotatable bonds is 8. The van der Waals surface area contributed by atoms with Gasteiger partial charge in [0, 0.05) is 19.6 Å². The van der Waals surface area contributed by atoms with Crippen molar-refractivity contribution in [2.24, 2.45) is 0 Å². The van der Waals surface area contributed by atoms with Gasteiger partial charge in [-0.15, -0.1) is 0 Å². The molecule has 0 saturated heterocycles. The van der Waals surface area contributed by atoms with Gasteiger partial charge in [-0.2, -0.15) is 0 Å². The van der Waals surface area contributed by atoms with E-state index in [1.54, 1.807) is 0 Å². The molecule has 0 aliphatic heterocycles. The molecule has 0 unspecified atom stereocenters. The van der Waals surface area contributed by atoms with Crippen LogP contribution in [0.15, 0.2) is 18.2 Å². The number of aliphatic hydroxyl groups is 1. The normalized spacial score (nSPS) is 11.7. The lowest BCUT2D eigenvalue weighted by Crippen LogP contribution is -2.38. The predicted octanol–water partition coefficient (Wildman–Crippen LogP) is 3.44. The standard InChI is InChI=1S/C16H27ClN2O/c1-5-9-18-11-13-7-8-15(14(17)10-13)19(6-2)12-16(3,4)20/h7-8,10,18,20H,5-6,9,11-12H2,1-4H3. The van der Waals surface area contributed by atoms with Crippen LogP contribution >= 0.6 is 11.6 Å². The molecule has 3 nitrogen and oxygen atoms in total. The number of halogens is 1. The number of nitrogens with one attached hydrogen (secondary N) is 1. The Labute approximate surface area is 127 Å². The molecule has 1 aromatic carbocycles. The van der Waals surface area contributed by atoms with Crippen molar-refractivity contribution >= 4 is 17.3 Å². The topological polar surface area (TPSA) is 35.5 Å². The molecule has 0 amide bonds. The average Bonchev–Trinajstić information content (AvgIpc) is 2.36. The maximum Gasteiger partial charge on any atom is 0.0765 e. The van der Waals surface area contributed by atoms with Crippen molar-refractivity contribution < 1.29 is 5.11 Å². The fourth-order valence-corrected chi connectivity index (χ4v) is 2.48. The summed E-state index contributed by atoms with van der Waals surface area (Å²) >= 11 is 6.39. The van der Waals surface area contributed by atoms with Crippen LogP contribution in [0.4, 0.5) is 5.69 Å². The minimum Gasteiger partial charge on any atom is -0.389 e. The molecular formula is C16H27ClN2O. The van der Waals surface area contributed by atoms with E-state index in [2.05, 4.69) is 30.1 Å². The van der Waals surface area contributed by atoms with E-state index in [9.17, 15) is 5.11 Å². The number of hydrogen-bond donors (Lipinski definition) is 2. The summed E-state index contributed by atoms with van der Waals surface area (Å²) in [5, 5.41) is 14.1. The highest BCUT2D eigenvalue weighted by atomic mass is 35.5. The van der Waals surface area contributed by atoms with E-state index in [0.29, 0.717) is 6.54 Å². The summed E-state index contributed by atoms with van der Waals surface area (Å²) in [7, 11) is 0. The average molecular weight is 299 g/mol. The first-order valence-electron chi connectivity index (χ1n) is 7.34. The van der Waals surface area contributed by atoms with Crippen molar-refractivity contribution in [3.05, 3.63) is 28.8 Å². The van der Waals surface area contributed by atoms with Gasteiger partial charge in [0.1, 0.15) is 0 Å². The van der Waals surface area contributed by atoms with Gasteiger partial charge in [-0.05, 0) is 51.4 Å². The van der Waals surface area contributed by atoms with E-state index in [0.717, 1.165) is 36.8 Å². The van der Waals surface area contributed by atoms with Gasteiger partial charge in [0.2, 0.25) is 0 Å². The zero-order chi connectivity index (χ0) is 15.2. The van der Waals surface area contributed by atoms with Crippen molar-refractivity contribution in [3.63, 3.8) is 0 Å². The molecule has 0 aliphatic rings. The maximum atomic E-state index is 9.97.